The van der Waals surface area contributed by atoms with E-state index in [2.05, 4.69) is 17.0 Å². The molecule has 1 aromatic rings. The third-order valence-electron chi connectivity index (χ3n) is 4.49. The highest BCUT2D eigenvalue weighted by Crippen LogP contribution is 2.44. The van der Waals surface area contributed by atoms with Gasteiger partial charge in [-0.25, -0.2) is 0 Å². The molecule has 1 saturated carbocycles. The molecule has 0 aromatic heterocycles. The largest absolute Gasteiger partial charge is 0.298 e. The Bertz CT molecular complexity index is 458. The number of hydrogen-bond donors (Lipinski definition) is 0. The predicted octanol–water partition coefficient (Wildman–Crippen LogP) is 3.32. The minimum atomic E-state index is 0.658. The first-order valence-electron chi connectivity index (χ1n) is 7.01. The van der Waals surface area contributed by atoms with Crippen molar-refractivity contribution >= 4 is 0 Å². The number of nitriles is 1. The topological polar surface area (TPSA) is 27.0 Å². The number of benzene rings is 1. The first-order valence-corrected chi connectivity index (χ1v) is 7.01. The van der Waals surface area contributed by atoms with Crippen molar-refractivity contribution in [1.82, 2.24) is 4.90 Å². The fraction of sp³-hybridized carbons (Fsp3) is 0.562. The molecular weight excluding hydrogens is 220 g/mol. The maximum atomic E-state index is 8.90. The molecular formula is C16H20N2. The van der Waals surface area contributed by atoms with Gasteiger partial charge in [-0.15, -0.1) is 0 Å². The summed E-state index contributed by atoms with van der Waals surface area (Å²) in [6, 6.07) is 10.2. The summed E-state index contributed by atoms with van der Waals surface area (Å²) in [4.78, 5) is 2.53. The summed E-state index contributed by atoms with van der Waals surface area (Å²) >= 11 is 0. The van der Waals surface area contributed by atoms with E-state index in [0.29, 0.717) is 5.41 Å². The number of rotatable bonds is 2. The van der Waals surface area contributed by atoms with Crippen molar-refractivity contribution < 1.29 is 0 Å². The Labute approximate surface area is 109 Å². The third kappa shape index (κ3) is 2.28. The van der Waals surface area contributed by atoms with Crippen LogP contribution in [0.15, 0.2) is 24.3 Å². The third-order valence-corrected chi connectivity index (χ3v) is 4.49. The first-order chi connectivity index (χ1) is 8.80. The molecule has 3 rings (SSSR count). The van der Waals surface area contributed by atoms with Crippen LogP contribution in [0.1, 0.15) is 43.2 Å². The lowest BCUT2D eigenvalue weighted by Gasteiger charge is -2.52. The molecule has 94 valence electrons. The minimum Gasteiger partial charge on any atom is -0.298 e. The second-order valence-electron chi connectivity index (χ2n) is 6.02. The molecule has 2 fully saturated rings. The fourth-order valence-electron chi connectivity index (χ4n) is 3.63. The normalized spacial score (nSPS) is 22.4. The molecule has 0 bridgehead atoms. The van der Waals surface area contributed by atoms with Crippen LogP contribution in [0.5, 0.6) is 0 Å². The molecule has 1 aromatic carbocycles. The van der Waals surface area contributed by atoms with E-state index < -0.39 is 0 Å². The number of nitrogens with zero attached hydrogens (tertiary/aromatic N) is 2. The van der Waals surface area contributed by atoms with Gasteiger partial charge in [0.2, 0.25) is 0 Å². The molecule has 1 saturated heterocycles. The Morgan fingerprint density at radius 2 is 1.94 bits per heavy atom. The summed E-state index contributed by atoms with van der Waals surface area (Å²) in [5.74, 6) is 0. The van der Waals surface area contributed by atoms with E-state index in [0.717, 1.165) is 12.1 Å². The van der Waals surface area contributed by atoms with Crippen LogP contribution in [0.4, 0.5) is 0 Å². The van der Waals surface area contributed by atoms with Gasteiger partial charge in [-0.2, -0.15) is 5.26 Å². The predicted molar refractivity (Wildman–Crippen MR) is 72.0 cm³/mol. The molecule has 0 unspecified atom stereocenters. The SMILES string of the molecule is N#Cc1cccc(CN2CC3(CCCCC3)C2)c1. The molecule has 1 spiro atoms. The Morgan fingerprint density at radius 1 is 1.17 bits per heavy atom. The quantitative estimate of drug-likeness (QED) is 0.793. The van der Waals surface area contributed by atoms with Crippen LogP contribution in [-0.2, 0) is 6.54 Å². The van der Waals surface area contributed by atoms with Gasteiger partial charge in [0.25, 0.3) is 0 Å². The van der Waals surface area contributed by atoms with E-state index >= 15 is 0 Å². The molecule has 1 heterocycles. The second kappa shape index (κ2) is 4.74. The van der Waals surface area contributed by atoms with Gasteiger partial charge in [-0.1, -0.05) is 31.4 Å². The Kier molecular flexibility index (Phi) is 3.09. The van der Waals surface area contributed by atoms with Gasteiger partial charge >= 0.3 is 0 Å². The van der Waals surface area contributed by atoms with Crippen LogP contribution in [0, 0.1) is 16.7 Å². The second-order valence-corrected chi connectivity index (χ2v) is 6.02. The van der Waals surface area contributed by atoms with Crippen molar-refractivity contribution in [2.24, 2.45) is 5.41 Å². The van der Waals surface area contributed by atoms with Crippen molar-refractivity contribution in [3.8, 4) is 6.07 Å². The number of likely N-dealkylation sites (tertiary alicyclic amines) is 1. The van der Waals surface area contributed by atoms with Crippen LogP contribution in [0.25, 0.3) is 0 Å². The Balaban J connectivity index is 1.57. The molecule has 18 heavy (non-hydrogen) atoms. The Morgan fingerprint density at radius 3 is 2.67 bits per heavy atom. The van der Waals surface area contributed by atoms with Gasteiger partial charge < -0.3 is 0 Å². The van der Waals surface area contributed by atoms with E-state index in [1.165, 1.54) is 50.8 Å². The van der Waals surface area contributed by atoms with E-state index in [4.69, 9.17) is 5.26 Å². The summed E-state index contributed by atoms with van der Waals surface area (Å²) in [6.45, 7) is 3.55. The molecule has 2 nitrogen and oxygen atoms in total. The average molecular weight is 240 g/mol. The van der Waals surface area contributed by atoms with Gasteiger partial charge in [-0.3, -0.25) is 4.90 Å². The van der Waals surface area contributed by atoms with Crippen molar-refractivity contribution in [3.05, 3.63) is 35.4 Å². The monoisotopic (exact) mass is 240 g/mol. The van der Waals surface area contributed by atoms with Gasteiger partial charge in [0.05, 0.1) is 11.6 Å². The molecule has 2 aliphatic rings. The van der Waals surface area contributed by atoms with E-state index in [9.17, 15) is 0 Å². The Hall–Kier alpha value is -1.33. The maximum absolute atomic E-state index is 8.90. The van der Waals surface area contributed by atoms with Crippen molar-refractivity contribution in [1.29, 1.82) is 5.26 Å². The van der Waals surface area contributed by atoms with Crippen molar-refractivity contribution in [2.75, 3.05) is 13.1 Å². The standard InChI is InChI=1S/C16H20N2/c17-10-14-5-4-6-15(9-14)11-18-12-16(13-18)7-2-1-3-8-16/h4-6,9H,1-3,7-8,11-13H2. The number of hydrogen-bond acceptors (Lipinski definition) is 2. The van der Waals surface area contributed by atoms with Crippen LogP contribution in [0.3, 0.4) is 0 Å². The van der Waals surface area contributed by atoms with Crippen LogP contribution < -0.4 is 0 Å². The minimum absolute atomic E-state index is 0.658. The average Bonchev–Trinajstić information content (AvgIpc) is 2.38. The van der Waals surface area contributed by atoms with Gasteiger partial charge in [0, 0.05) is 19.6 Å². The van der Waals surface area contributed by atoms with Gasteiger partial charge in [0.15, 0.2) is 0 Å². The summed E-state index contributed by atoms with van der Waals surface area (Å²) in [5, 5.41) is 8.90. The summed E-state index contributed by atoms with van der Waals surface area (Å²) in [6.07, 6.45) is 7.16. The lowest BCUT2D eigenvalue weighted by molar-refractivity contribution is -0.0332. The molecule has 0 atom stereocenters. The molecule has 2 heteroatoms. The van der Waals surface area contributed by atoms with Gasteiger partial charge in [-0.05, 0) is 36.0 Å². The zero-order valence-electron chi connectivity index (χ0n) is 10.9. The first kappa shape index (κ1) is 11.7. The molecule has 1 aliphatic carbocycles. The lowest BCUT2D eigenvalue weighted by atomic mass is 9.68. The lowest BCUT2D eigenvalue weighted by Crippen LogP contribution is -2.56. The highest BCUT2D eigenvalue weighted by molar-refractivity contribution is 5.32. The van der Waals surface area contributed by atoms with Crippen molar-refractivity contribution in [3.63, 3.8) is 0 Å². The van der Waals surface area contributed by atoms with E-state index in [1.807, 2.05) is 18.2 Å². The van der Waals surface area contributed by atoms with Crippen molar-refractivity contribution in [2.45, 2.75) is 38.6 Å². The zero-order valence-corrected chi connectivity index (χ0v) is 10.9. The highest BCUT2D eigenvalue weighted by Gasteiger charge is 2.42. The molecule has 1 aliphatic heterocycles. The molecule has 0 N–H and O–H groups in total. The van der Waals surface area contributed by atoms with Gasteiger partial charge in [0.1, 0.15) is 0 Å². The highest BCUT2D eigenvalue weighted by atomic mass is 15.2. The van der Waals surface area contributed by atoms with Crippen LogP contribution in [-0.4, -0.2) is 18.0 Å². The van der Waals surface area contributed by atoms with Crippen LogP contribution in [0.2, 0.25) is 0 Å². The van der Waals surface area contributed by atoms with Crippen LogP contribution >= 0.6 is 0 Å². The van der Waals surface area contributed by atoms with E-state index in [1.54, 1.807) is 0 Å². The summed E-state index contributed by atoms with van der Waals surface area (Å²) in [7, 11) is 0. The maximum Gasteiger partial charge on any atom is 0.0991 e. The fourth-order valence-corrected chi connectivity index (χ4v) is 3.63. The summed E-state index contributed by atoms with van der Waals surface area (Å²) < 4.78 is 0. The zero-order chi connectivity index (χ0) is 12.4. The van der Waals surface area contributed by atoms with E-state index in [-0.39, 0.29) is 0 Å². The molecule has 0 amide bonds. The molecule has 0 radical (unpaired) electrons. The smallest absolute Gasteiger partial charge is 0.0991 e. The summed E-state index contributed by atoms with van der Waals surface area (Å²) in [5.41, 5.74) is 2.71.